The average molecular weight is 576 g/mol. The third-order valence-corrected chi connectivity index (χ3v) is 9.16. The zero-order valence-corrected chi connectivity index (χ0v) is 21.8. The second-order valence-corrected chi connectivity index (χ2v) is 12.4. The largest absolute Gasteiger partial charge is 0.474 e. The van der Waals surface area contributed by atoms with Crippen LogP contribution in [-0.4, -0.2) is 48.7 Å². The van der Waals surface area contributed by atoms with Crippen molar-refractivity contribution in [1.82, 2.24) is 14.6 Å². The number of carbonyl (C=O) groups is 1. The summed E-state index contributed by atoms with van der Waals surface area (Å²) in [5.41, 5.74) is 0.295. The van der Waals surface area contributed by atoms with Crippen LogP contribution in [0.2, 0.25) is 5.02 Å². The van der Waals surface area contributed by atoms with Gasteiger partial charge in [0.1, 0.15) is 11.9 Å². The van der Waals surface area contributed by atoms with Crippen molar-refractivity contribution in [2.24, 2.45) is 0 Å². The lowest BCUT2D eigenvalue weighted by Gasteiger charge is -2.32. The van der Waals surface area contributed by atoms with Crippen molar-refractivity contribution in [2.45, 2.75) is 68.5 Å². The number of ether oxygens (including phenoxy) is 1. The minimum absolute atomic E-state index is 0.143. The first kappa shape index (κ1) is 27.1. The molecule has 0 unspecified atom stereocenters. The van der Waals surface area contributed by atoms with Crippen LogP contribution in [0.25, 0.3) is 0 Å². The van der Waals surface area contributed by atoms with Crippen molar-refractivity contribution in [2.75, 3.05) is 13.1 Å². The monoisotopic (exact) mass is 575 g/mol. The number of carbonyl (C=O) groups excluding carboxylic acids is 1. The Morgan fingerprint density at radius 2 is 1.79 bits per heavy atom. The number of hydrogen-bond donors (Lipinski definition) is 1. The Morgan fingerprint density at radius 3 is 2.39 bits per heavy atom. The minimum atomic E-state index is -4.61. The van der Waals surface area contributed by atoms with Crippen molar-refractivity contribution in [1.29, 1.82) is 0 Å². The molecule has 3 aliphatic rings. The van der Waals surface area contributed by atoms with Crippen LogP contribution in [0.1, 0.15) is 71.5 Å². The van der Waals surface area contributed by atoms with E-state index in [4.69, 9.17) is 16.3 Å². The quantitative estimate of drug-likeness (QED) is 0.444. The van der Waals surface area contributed by atoms with Gasteiger partial charge in [0.05, 0.1) is 27.6 Å². The molecule has 1 aromatic carbocycles. The SMILES string of the molecule is O=C(NS(=O)(=O)C1CC1)c1cc(C2CC2)c(CN2CCC(Oc3cc(C(F)(F)F)c(Cl)cn3)CC2)cc1F. The van der Waals surface area contributed by atoms with Crippen molar-refractivity contribution in [3.63, 3.8) is 0 Å². The van der Waals surface area contributed by atoms with Crippen LogP contribution >= 0.6 is 11.6 Å². The van der Waals surface area contributed by atoms with Gasteiger partial charge < -0.3 is 4.74 Å². The maximum Gasteiger partial charge on any atom is 0.418 e. The minimum Gasteiger partial charge on any atom is -0.474 e. The fourth-order valence-electron chi connectivity index (χ4n) is 4.66. The van der Waals surface area contributed by atoms with Gasteiger partial charge in [0.15, 0.2) is 0 Å². The number of hydrogen-bond acceptors (Lipinski definition) is 6. The summed E-state index contributed by atoms with van der Waals surface area (Å²) in [5.74, 6) is -1.68. The third kappa shape index (κ3) is 6.23. The highest BCUT2D eigenvalue weighted by atomic mass is 35.5. The molecule has 0 spiro atoms. The summed E-state index contributed by atoms with van der Waals surface area (Å²) >= 11 is 5.62. The number of alkyl halides is 3. The van der Waals surface area contributed by atoms with Crippen LogP contribution in [0.4, 0.5) is 17.6 Å². The maximum absolute atomic E-state index is 15.0. The van der Waals surface area contributed by atoms with Crippen LogP contribution in [0.5, 0.6) is 5.88 Å². The molecule has 38 heavy (non-hydrogen) atoms. The average Bonchev–Trinajstić information content (AvgIpc) is 3.74. The predicted octanol–water partition coefficient (Wildman–Crippen LogP) is 5.04. The number of rotatable bonds is 8. The molecule has 1 aliphatic heterocycles. The number of piperidine rings is 1. The normalized spacial score (nSPS) is 19.4. The molecule has 13 heteroatoms. The topological polar surface area (TPSA) is 88.6 Å². The first-order valence-electron chi connectivity index (χ1n) is 12.4. The highest BCUT2D eigenvalue weighted by Gasteiger charge is 2.38. The van der Waals surface area contributed by atoms with Crippen LogP contribution in [0.3, 0.4) is 0 Å². The molecule has 2 aromatic rings. The molecule has 1 N–H and O–H groups in total. The van der Waals surface area contributed by atoms with E-state index in [1.807, 2.05) is 4.72 Å². The third-order valence-electron chi connectivity index (χ3n) is 7.04. The van der Waals surface area contributed by atoms with E-state index in [0.29, 0.717) is 45.3 Å². The summed E-state index contributed by atoms with van der Waals surface area (Å²) < 4.78 is 86.3. The summed E-state index contributed by atoms with van der Waals surface area (Å²) in [6.07, 6.45) is -0.160. The molecule has 7 nitrogen and oxygen atoms in total. The second-order valence-electron chi connectivity index (χ2n) is 10.1. The molecule has 2 aliphatic carbocycles. The van der Waals surface area contributed by atoms with Crippen LogP contribution in [0.15, 0.2) is 24.4 Å². The summed E-state index contributed by atoms with van der Waals surface area (Å²) in [6, 6.07) is 3.58. The van der Waals surface area contributed by atoms with Crippen molar-refractivity contribution in [3.8, 4) is 5.88 Å². The molecule has 5 rings (SSSR count). The van der Waals surface area contributed by atoms with E-state index in [1.165, 1.54) is 12.1 Å². The van der Waals surface area contributed by atoms with Gasteiger partial charge in [-0.3, -0.25) is 9.69 Å². The van der Waals surface area contributed by atoms with E-state index in [9.17, 15) is 30.8 Å². The fraction of sp³-hybridized carbons (Fsp3) is 0.520. The molecule has 2 heterocycles. The molecular formula is C25H26ClF4N3O4S. The highest BCUT2D eigenvalue weighted by molar-refractivity contribution is 7.91. The number of likely N-dealkylation sites (tertiary alicyclic amines) is 1. The van der Waals surface area contributed by atoms with Crippen LogP contribution < -0.4 is 9.46 Å². The number of amides is 1. The number of sulfonamides is 1. The smallest absolute Gasteiger partial charge is 0.418 e. The van der Waals surface area contributed by atoms with Gasteiger partial charge in [0.25, 0.3) is 5.91 Å². The standard InChI is InChI=1S/C25H26ClF4N3O4S/c26-21-12-31-23(11-20(21)25(28,29)30)37-16-5-7-33(8-6-16)13-15-9-22(27)19(10-18(15)14-1-2-14)24(34)32-38(35,36)17-3-4-17/h9-12,14,16-17H,1-8,13H2,(H,32,34). The molecule has 1 saturated heterocycles. The zero-order chi connectivity index (χ0) is 27.2. The lowest BCUT2D eigenvalue weighted by Crippen LogP contribution is -2.38. The Kier molecular flexibility index (Phi) is 7.34. The van der Waals surface area contributed by atoms with Crippen molar-refractivity contribution in [3.05, 3.63) is 57.5 Å². The van der Waals surface area contributed by atoms with E-state index in [1.54, 1.807) is 0 Å². The van der Waals surface area contributed by atoms with Gasteiger partial charge in [-0.2, -0.15) is 13.2 Å². The first-order chi connectivity index (χ1) is 17.9. The second kappa shape index (κ2) is 10.3. The van der Waals surface area contributed by atoms with Crippen molar-refractivity contribution >= 4 is 27.5 Å². The molecule has 0 bridgehead atoms. The Morgan fingerprint density at radius 1 is 1.11 bits per heavy atom. The van der Waals surface area contributed by atoms with Crippen LogP contribution in [-0.2, 0) is 22.7 Å². The molecule has 206 valence electrons. The molecule has 2 saturated carbocycles. The summed E-state index contributed by atoms with van der Waals surface area (Å²) in [7, 11) is -3.79. The number of aromatic nitrogens is 1. The van der Waals surface area contributed by atoms with Gasteiger partial charge in [0.2, 0.25) is 15.9 Å². The molecule has 1 amide bonds. The molecular weight excluding hydrogens is 550 g/mol. The van der Waals surface area contributed by atoms with Gasteiger partial charge in [0, 0.05) is 25.7 Å². The summed E-state index contributed by atoms with van der Waals surface area (Å²) in [6.45, 7) is 1.56. The number of halogens is 5. The van der Waals surface area contributed by atoms with Crippen molar-refractivity contribution < 1.29 is 35.5 Å². The molecule has 3 fully saturated rings. The van der Waals surface area contributed by atoms with E-state index in [-0.39, 0.29) is 23.5 Å². The van der Waals surface area contributed by atoms with E-state index in [0.717, 1.165) is 36.2 Å². The van der Waals surface area contributed by atoms with Gasteiger partial charge >= 0.3 is 6.18 Å². The number of nitrogens with zero attached hydrogens (tertiary/aromatic N) is 2. The lowest BCUT2D eigenvalue weighted by atomic mass is 9.97. The summed E-state index contributed by atoms with van der Waals surface area (Å²) in [5, 5.41) is -1.09. The Hall–Kier alpha value is -2.44. The zero-order valence-electron chi connectivity index (χ0n) is 20.2. The summed E-state index contributed by atoms with van der Waals surface area (Å²) in [4.78, 5) is 18.5. The number of nitrogens with one attached hydrogen (secondary N) is 1. The Bertz CT molecular complexity index is 1340. The molecule has 0 radical (unpaired) electrons. The lowest BCUT2D eigenvalue weighted by molar-refractivity contribution is -0.137. The maximum atomic E-state index is 15.0. The number of pyridine rings is 1. The van der Waals surface area contributed by atoms with Gasteiger partial charge in [-0.05, 0) is 67.7 Å². The van der Waals surface area contributed by atoms with E-state index < -0.39 is 43.8 Å². The van der Waals surface area contributed by atoms with E-state index in [2.05, 4.69) is 9.88 Å². The number of benzene rings is 1. The Balaban J connectivity index is 1.23. The molecule has 1 aromatic heterocycles. The van der Waals surface area contributed by atoms with E-state index >= 15 is 0 Å². The first-order valence-corrected chi connectivity index (χ1v) is 14.3. The highest BCUT2D eigenvalue weighted by Crippen LogP contribution is 2.43. The fourth-order valence-corrected chi connectivity index (χ4v) is 6.16. The molecule has 0 atom stereocenters. The predicted molar refractivity (Wildman–Crippen MR) is 131 cm³/mol. The Labute approximate surface area is 222 Å². The van der Waals surface area contributed by atoms with Gasteiger partial charge in [-0.25, -0.2) is 22.5 Å². The van der Waals surface area contributed by atoms with Gasteiger partial charge in [-0.15, -0.1) is 0 Å². The van der Waals surface area contributed by atoms with Gasteiger partial charge in [-0.1, -0.05) is 11.6 Å². The van der Waals surface area contributed by atoms with Crippen LogP contribution in [0, 0.1) is 5.82 Å².